The van der Waals surface area contributed by atoms with Gasteiger partial charge in [0.2, 0.25) is 0 Å². The second-order valence-corrected chi connectivity index (χ2v) is 1.79. The quantitative estimate of drug-likeness (QED) is 0.640. The second kappa shape index (κ2) is 3.57. The molecule has 0 aliphatic rings. The normalized spacial score (nSPS) is 8.73. The van der Waals surface area contributed by atoms with E-state index in [-0.39, 0.29) is 12.4 Å². The van der Waals surface area contributed by atoms with E-state index in [0.29, 0.717) is 0 Å². The third-order valence-electron chi connectivity index (χ3n) is 1.05. The third kappa shape index (κ3) is 1.94. The SMILES string of the molecule is N#CCOc1[c]cccc1F. The number of hydrogen-bond donors (Lipinski definition) is 0. The van der Waals surface area contributed by atoms with Crippen molar-refractivity contribution in [2.45, 2.75) is 0 Å². The molecule has 11 heavy (non-hydrogen) atoms. The average molecular weight is 150 g/mol. The molecule has 0 aliphatic carbocycles. The zero-order chi connectivity index (χ0) is 8.10. The van der Waals surface area contributed by atoms with E-state index in [0.717, 1.165) is 0 Å². The fourth-order valence-corrected chi connectivity index (χ4v) is 0.616. The van der Waals surface area contributed by atoms with Gasteiger partial charge in [-0.25, -0.2) is 4.39 Å². The zero-order valence-electron chi connectivity index (χ0n) is 5.67. The lowest BCUT2D eigenvalue weighted by molar-refractivity contribution is 0.345. The summed E-state index contributed by atoms with van der Waals surface area (Å²) in [7, 11) is 0. The lowest BCUT2D eigenvalue weighted by atomic mass is 10.3. The molecule has 1 aromatic rings. The molecule has 0 heterocycles. The van der Waals surface area contributed by atoms with Gasteiger partial charge < -0.3 is 4.74 Å². The number of nitriles is 1. The molecule has 0 aliphatic heterocycles. The molecule has 1 radical (unpaired) electrons. The van der Waals surface area contributed by atoms with E-state index < -0.39 is 5.82 Å². The smallest absolute Gasteiger partial charge is 0.174 e. The van der Waals surface area contributed by atoms with Crippen molar-refractivity contribution in [3.05, 3.63) is 30.1 Å². The Morgan fingerprint density at radius 2 is 2.55 bits per heavy atom. The highest BCUT2D eigenvalue weighted by atomic mass is 19.1. The molecule has 2 nitrogen and oxygen atoms in total. The Hall–Kier alpha value is -1.56. The van der Waals surface area contributed by atoms with Gasteiger partial charge in [0, 0.05) is 6.07 Å². The van der Waals surface area contributed by atoms with E-state index in [1.54, 1.807) is 6.07 Å². The van der Waals surface area contributed by atoms with E-state index in [4.69, 9.17) is 10.00 Å². The molecule has 55 valence electrons. The van der Waals surface area contributed by atoms with Gasteiger partial charge in [-0.2, -0.15) is 5.26 Å². The van der Waals surface area contributed by atoms with Crippen molar-refractivity contribution in [2.24, 2.45) is 0 Å². The maximum atomic E-state index is 12.6. The van der Waals surface area contributed by atoms with Crippen molar-refractivity contribution in [2.75, 3.05) is 6.61 Å². The van der Waals surface area contributed by atoms with Crippen molar-refractivity contribution >= 4 is 0 Å². The summed E-state index contributed by atoms with van der Waals surface area (Å²) in [6.45, 7) is -0.155. The number of rotatable bonds is 2. The molecular formula is C8H5FNO. The monoisotopic (exact) mass is 150 g/mol. The second-order valence-electron chi connectivity index (χ2n) is 1.79. The van der Waals surface area contributed by atoms with Crippen LogP contribution in [-0.2, 0) is 0 Å². The fourth-order valence-electron chi connectivity index (χ4n) is 0.616. The van der Waals surface area contributed by atoms with Gasteiger partial charge in [0.25, 0.3) is 0 Å². The lowest BCUT2D eigenvalue weighted by Gasteiger charge is -1.99. The van der Waals surface area contributed by atoms with E-state index in [1.807, 2.05) is 0 Å². The number of ether oxygens (including phenoxy) is 1. The maximum Gasteiger partial charge on any atom is 0.174 e. The summed E-state index contributed by atoms with van der Waals surface area (Å²) in [4.78, 5) is 0. The van der Waals surface area contributed by atoms with E-state index in [1.165, 1.54) is 18.2 Å². The molecule has 0 saturated heterocycles. The molecule has 0 saturated carbocycles. The van der Waals surface area contributed by atoms with Crippen LogP contribution in [0, 0.1) is 23.2 Å². The molecule has 0 aromatic heterocycles. The number of para-hydroxylation sites is 1. The summed E-state index contributed by atoms with van der Waals surface area (Å²) in [6, 6.07) is 8.54. The van der Waals surface area contributed by atoms with Gasteiger partial charge in [-0.1, -0.05) is 12.1 Å². The molecule has 0 N–H and O–H groups in total. The van der Waals surface area contributed by atoms with Gasteiger partial charge in [0.15, 0.2) is 18.2 Å². The van der Waals surface area contributed by atoms with Crippen molar-refractivity contribution in [1.29, 1.82) is 5.26 Å². The van der Waals surface area contributed by atoms with Crippen LogP contribution in [0.15, 0.2) is 18.2 Å². The van der Waals surface area contributed by atoms with Gasteiger partial charge in [-0.15, -0.1) is 0 Å². The number of halogens is 1. The summed E-state index contributed by atoms with van der Waals surface area (Å²) in [5, 5.41) is 8.11. The average Bonchev–Trinajstić information content (AvgIpc) is 2.03. The molecule has 1 rings (SSSR count). The van der Waals surface area contributed by atoms with Crippen molar-refractivity contribution < 1.29 is 9.13 Å². The van der Waals surface area contributed by atoms with Crippen LogP contribution in [0.25, 0.3) is 0 Å². The molecule has 3 heteroatoms. The predicted octanol–water partition coefficient (Wildman–Crippen LogP) is 1.53. The van der Waals surface area contributed by atoms with Crippen molar-refractivity contribution in [3.8, 4) is 11.8 Å². The lowest BCUT2D eigenvalue weighted by Crippen LogP contribution is -1.95. The summed E-state index contributed by atoms with van der Waals surface area (Å²) >= 11 is 0. The van der Waals surface area contributed by atoms with E-state index in [2.05, 4.69) is 6.07 Å². The van der Waals surface area contributed by atoms with Crippen LogP contribution in [0.3, 0.4) is 0 Å². The molecule has 0 unspecified atom stereocenters. The first-order valence-electron chi connectivity index (χ1n) is 3.00. The first-order valence-corrected chi connectivity index (χ1v) is 3.00. The number of benzene rings is 1. The molecule has 0 bridgehead atoms. The van der Waals surface area contributed by atoms with E-state index >= 15 is 0 Å². The third-order valence-corrected chi connectivity index (χ3v) is 1.05. The van der Waals surface area contributed by atoms with Crippen LogP contribution in [0.1, 0.15) is 0 Å². The Balaban J connectivity index is 2.71. The van der Waals surface area contributed by atoms with Crippen molar-refractivity contribution in [3.63, 3.8) is 0 Å². The first-order chi connectivity index (χ1) is 5.34. The summed E-state index contributed by atoms with van der Waals surface area (Å²) in [6.07, 6.45) is 0. The van der Waals surface area contributed by atoms with Crippen LogP contribution < -0.4 is 4.74 Å². The topological polar surface area (TPSA) is 33.0 Å². The standard InChI is InChI=1S/C8H5FNO/c9-7-3-1-2-4-8(7)11-6-5-10/h1-3H,6H2. The highest BCUT2D eigenvalue weighted by Crippen LogP contribution is 2.13. The summed E-state index contributed by atoms with van der Waals surface area (Å²) in [5.74, 6) is -0.503. The fraction of sp³-hybridized carbons (Fsp3) is 0.125. The largest absolute Gasteiger partial charge is 0.475 e. The van der Waals surface area contributed by atoms with Gasteiger partial charge >= 0.3 is 0 Å². The Morgan fingerprint density at radius 3 is 3.18 bits per heavy atom. The van der Waals surface area contributed by atoms with Crippen LogP contribution in [-0.4, -0.2) is 6.61 Å². The van der Waals surface area contributed by atoms with Gasteiger partial charge in [-0.05, 0) is 6.07 Å². The summed E-state index contributed by atoms with van der Waals surface area (Å²) < 4.78 is 17.3. The molecule has 1 aromatic carbocycles. The van der Waals surface area contributed by atoms with Crippen LogP contribution in [0.4, 0.5) is 4.39 Å². The van der Waals surface area contributed by atoms with Gasteiger partial charge in [0.05, 0.1) is 0 Å². The Bertz CT molecular complexity index is 280. The molecule has 0 fully saturated rings. The van der Waals surface area contributed by atoms with Crippen molar-refractivity contribution in [1.82, 2.24) is 0 Å². The minimum atomic E-state index is -0.497. The minimum absolute atomic E-state index is 0.00551. The minimum Gasteiger partial charge on any atom is -0.475 e. The van der Waals surface area contributed by atoms with Gasteiger partial charge in [0.1, 0.15) is 6.07 Å². The van der Waals surface area contributed by atoms with Crippen LogP contribution >= 0.6 is 0 Å². The molecule has 0 atom stereocenters. The molecule has 0 amide bonds. The van der Waals surface area contributed by atoms with Crippen LogP contribution in [0.2, 0.25) is 0 Å². The predicted molar refractivity (Wildman–Crippen MR) is 36.3 cm³/mol. The highest BCUT2D eigenvalue weighted by Gasteiger charge is 1.99. The summed E-state index contributed by atoms with van der Waals surface area (Å²) in [5.41, 5.74) is 0. The Morgan fingerprint density at radius 1 is 1.73 bits per heavy atom. The van der Waals surface area contributed by atoms with Gasteiger partial charge in [-0.3, -0.25) is 0 Å². The first kappa shape index (κ1) is 7.55. The van der Waals surface area contributed by atoms with E-state index in [9.17, 15) is 4.39 Å². The Kier molecular flexibility index (Phi) is 2.45. The molecular weight excluding hydrogens is 145 g/mol. The van der Waals surface area contributed by atoms with Crippen LogP contribution in [0.5, 0.6) is 5.75 Å². The molecule has 0 spiro atoms. The number of hydrogen-bond acceptors (Lipinski definition) is 2. The Labute approximate surface area is 63.8 Å². The zero-order valence-corrected chi connectivity index (χ0v) is 5.67. The highest BCUT2D eigenvalue weighted by molar-refractivity contribution is 5.22. The maximum absolute atomic E-state index is 12.6. The number of nitrogens with zero attached hydrogens (tertiary/aromatic N) is 1.